The van der Waals surface area contributed by atoms with Gasteiger partial charge < -0.3 is 0 Å². The SMILES string of the molecule is CC(C)c1cccc2ccc([C@H](N3CCC(=O)N3)C(F)(F)F)cc12. The summed E-state index contributed by atoms with van der Waals surface area (Å²) < 4.78 is 41.0. The Balaban J connectivity index is 2.11. The van der Waals surface area contributed by atoms with Gasteiger partial charge in [0.25, 0.3) is 0 Å². The summed E-state index contributed by atoms with van der Waals surface area (Å²) in [5, 5.41) is 2.72. The summed E-state index contributed by atoms with van der Waals surface area (Å²) in [5.74, 6) is -0.173. The molecule has 1 aliphatic heterocycles. The van der Waals surface area contributed by atoms with Crippen LogP contribution in [0.4, 0.5) is 13.2 Å². The van der Waals surface area contributed by atoms with E-state index < -0.39 is 12.2 Å². The molecule has 1 saturated heterocycles. The Morgan fingerprint density at radius 3 is 2.50 bits per heavy atom. The molecule has 0 saturated carbocycles. The fourth-order valence-corrected chi connectivity index (χ4v) is 3.22. The Hall–Kier alpha value is -2.08. The van der Waals surface area contributed by atoms with Crippen LogP contribution in [0.2, 0.25) is 0 Å². The maximum Gasteiger partial charge on any atom is 0.409 e. The number of carbonyl (C=O) groups excluding carboxylic acids is 1. The molecule has 0 bridgehead atoms. The fraction of sp³-hybridized carbons (Fsp3) is 0.389. The Kier molecular flexibility index (Phi) is 4.25. The first-order chi connectivity index (χ1) is 11.3. The van der Waals surface area contributed by atoms with Crippen LogP contribution < -0.4 is 5.43 Å². The summed E-state index contributed by atoms with van der Waals surface area (Å²) in [5.41, 5.74) is 3.48. The molecule has 2 aromatic rings. The fourth-order valence-electron chi connectivity index (χ4n) is 3.22. The van der Waals surface area contributed by atoms with E-state index in [9.17, 15) is 18.0 Å². The number of halogens is 3. The van der Waals surface area contributed by atoms with E-state index in [2.05, 4.69) is 5.43 Å². The molecule has 1 aliphatic rings. The normalized spacial score (nSPS) is 17.5. The van der Waals surface area contributed by atoms with Crippen molar-refractivity contribution in [2.45, 2.75) is 38.4 Å². The van der Waals surface area contributed by atoms with Gasteiger partial charge in [-0.1, -0.05) is 44.2 Å². The number of nitrogens with zero attached hydrogens (tertiary/aromatic N) is 1. The Morgan fingerprint density at radius 2 is 1.92 bits per heavy atom. The Bertz CT molecular complexity index is 770. The van der Waals surface area contributed by atoms with Gasteiger partial charge in [-0.15, -0.1) is 0 Å². The minimum absolute atomic E-state index is 0.0485. The minimum atomic E-state index is -4.47. The zero-order valence-corrected chi connectivity index (χ0v) is 13.5. The van der Waals surface area contributed by atoms with Gasteiger partial charge in [0.15, 0.2) is 0 Å². The van der Waals surface area contributed by atoms with Crippen molar-refractivity contribution in [3.63, 3.8) is 0 Å². The highest BCUT2D eigenvalue weighted by Gasteiger charge is 2.46. The molecule has 24 heavy (non-hydrogen) atoms. The summed E-state index contributed by atoms with van der Waals surface area (Å²) in [4.78, 5) is 11.4. The molecular weight excluding hydrogens is 317 g/mol. The van der Waals surface area contributed by atoms with Crippen molar-refractivity contribution in [3.8, 4) is 0 Å². The number of benzene rings is 2. The first-order valence-electron chi connectivity index (χ1n) is 7.93. The van der Waals surface area contributed by atoms with Crippen LogP contribution in [-0.4, -0.2) is 23.6 Å². The lowest BCUT2D eigenvalue weighted by molar-refractivity contribution is -0.191. The van der Waals surface area contributed by atoms with Gasteiger partial charge >= 0.3 is 6.18 Å². The van der Waals surface area contributed by atoms with Crippen LogP contribution >= 0.6 is 0 Å². The second-order valence-corrected chi connectivity index (χ2v) is 6.41. The molecule has 1 N–H and O–H groups in total. The van der Waals surface area contributed by atoms with Gasteiger partial charge in [-0.2, -0.15) is 13.2 Å². The van der Waals surface area contributed by atoms with E-state index >= 15 is 0 Å². The van der Waals surface area contributed by atoms with Crippen LogP contribution in [0, 0.1) is 0 Å². The molecule has 1 amide bonds. The van der Waals surface area contributed by atoms with Crippen LogP contribution in [0.1, 0.15) is 43.4 Å². The monoisotopic (exact) mass is 336 g/mol. The lowest BCUT2D eigenvalue weighted by atomic mass is 9.93. The number of hydrazine groups is 1. The van der Waals surface area contributed by atoms with Gasteiger partial charge in [0.1, 0.15) is 6.04 Å². The molecule has 1 heterocycles. The lowest BCUT2D eigenvalue weighted by Gasteiger charge is -2.29. The topological polar surface area (TPSA) is 32.3 Å². The molecule has 3 rings (SSSR count). The molecule has 0 aromatic heterocycles. The smallest absolute Gasteiger partial charge is 0.288 e. The first kappa shape index (κ1) is 16.8. The zero-order chi connectivity index (χ0) is 17.5. The summed E-state index contributed by atoms with van der Waals surface area (Å²) in [7, 11) is 0. The third kappa shape index (κ3) is 3.11. The van der Waals surface area contributed by atoms with Crippen LogP contribution in [0.15, 0.2) is 36.4 Å². The third-order valence-corrected chi connectivity index (χ3v) is 4.35. The van der Waals surface area contributed by atoms with Crippen LogP contribution in [0.5, 0.6) is 0 Å². The van der Waals surface area contributed by atoms with Crippen LogP contribution in [0.3, 0.4) is 0 Å². The number of hydrogen-bond acceptors (Lipinski definition) is 2. The number of nitrogens with one attached hydrogen (secondary N) is 1. The van der Waals surface area contributed by atoms with Crippen molar-refractivity contribution in [3.05, 3.63) is 47.5 Å². The van der Waals surface area contributed by atoms with Crippen molar-refractivity contribution in [2.24, 2.45) is 0 Å². The van der Waals surface area contributed by atoms with E-state index in [0.29, 0.717) is 0 Å². The predicted octanol–water partition coefficient (Wildman–Crippen LogP) is 4.30. The quantitative estimate of drug-likeness (QED) is 0.906. The molecule has 0 aliphatic carbocycles. The van der Waals surface area contributed by atoms with E-state index in [0.717, 1.165) is 21.3 Å². The van der Waals surface area contributed by atoms with Crippen molar-refractivity contribution in [1.82, 2.24) is 10.4 Å². The van der Waals surface area contributed by atoms with E-state index in [-0.39, 0.29) is 30.4 Å². The summed E-state index contributed by atoms with van der Waals surface area (Å²) in [6.07, 6.45) is -4.39. The largest absolute Gasteiger partial charge is 0.409 e. The van der Waals surface area contributed by atoms with Gasteiger partial charge in [0, 0.05) is 13.0 Å². The molecule has 128 valence electrons. The van der Waals surface area contributed by atoms with Gasteiger partial charge in [0.05, 0.1) is 0 Å². The summed E-state index contributed by atoms with van der Waals surface area (Å²) in [6, 6.07) is 8.73. The molecule has 0 radical (unpaired) electrons. The highest BCUT2D eigenvalue weighted by atomic mass is 19.4. The summed E-state index contributed by atoms with van der Waals surface area (Å²) >= 11 is 0. The van der Waals surface area contributed by atoms with E-state index in [1.54, 1.807) is 12.1 Å². The Morgan fingerprint density at radius 1 is 1.17 bits per heavy atom. The van der Waals surface area contributed by atoms with Crippen LogP contribution in [0.25, 0.3) is 10.8 Å². The molecule has 0 spiro atoms. The number of carbonyl (C=O) groups is 1. The highest BCUT2D eigenvalue weighted by molar-refractivity contribution is 5.87. The number of hydrogen-bond donors (Lipinski definition) is 1. The van der Waals surface area contributed by atoms with E-state index in [1.807, 2.05) is 32.0 Å². The maximum absolute atomic E-state index is 13.7. The van der Waals surface area contributed by atoms with E-state index in [1.165, 1.54) is 6.07 Å². The molecule has 2 aromatic carbocycles. The average Bonchev–Trinajstić information content (AvgIpc) is 2.91. The van der Waals surface area contributed by atoms with Crippen molar-refractivity contribution in [2.75, 3.05) is 6.54 Å². The second-order valence-electron chi connectivity index (χ2n) is 6.41. The maximum atomic E-state index is 13.7. The molecule has 6 heteroatoms. The second kappa shape index (κ2) is 6.09. The standard InChI is InChI=1S/C18H19F3N2O/c1-11(2)14-5-3-4-12-6-7-13(10-15(12)14)17(18(19,20)21)23-9-8-16(24)22-23/h3-7,10-11,17H,8-9H2,1-2H3,(H,22,24)/t17-/m0/s1. The zero-order valence-electron chi connectivity index (χ0n) is 13.5. The number of fused-ring (bicyclic) bond motifs is 1. The number of alkyl halides is 3. The average molecular weight is 336 g/mol. The number of rotatable bonds is 3. The summed E-state index contributed by atoms with van der Waals surface area (Å²) in [6.45, 7) is 4.08. The van der Waals surface area contributed by atoms with Crippen molar-refractivity contribution >= 4 is 16.7 Å². The first-order valence-corrected chi connectivity index (χ1v) is 7.93. The predicted molar refractivity (Wildman–Crippen MR) is 86.3 cm³/mol. The van der Waals surface area contributed by atoms with Gasteiger partial charge in [-0.3, -0.25) is 10.2 Å². The molecule has 0 unspecified atom stereocenters. The van der Waals surface area contributed by atoms with Crippen molar-refractivity contribution in [1.29, 1.82) is 0 Å². The Labute approximate surface area is 138 Å². The van der Waals surface area contributed by atoms with Gasteiger partial charge in [-0.05, 0) is 33.9 Å². The number of amides is 1. The minimum Gasteiger partial charge on any atom is -0.288 e. The third-order valence-electron chi connectivity index (χ3n) is 4.35. The molecule has 1 fully saturated rings. The van der Waals surface area contributed by atoms with Gasteiger partial charge in [-0.25, -0.2) is 5.01 Å². The molecule has 3 nitrogen and oxygen atoms in total. The van der Waals surface area contributed by atoms with Crippen LogP contribution in [-0.2, 0) is 4.79 Å². The van der Waals surface area contributed by atoms with Gasteiger partial charge in [0.2, 0.25) is 5.91 Å². The highest BCUT2D eigenvalue weighted by Crippen LogP contribution is 2.39. The molecule has 1 atom stereocenters. The van der Waals surface area contributed by atoms with E-state index in [4.69, 9.17) is 0 Å². The molecular formula is C18H19F3N2O. The van der Waals surface area contributed by atoms with Crippen molar-refractivity contribution < 1.29 is 18.0 Å². The lowest BCUT2D eigenvalue weighted by Crippen LogP contribution is -2.43.